The van der Waals surface area contributed by atoms with Gasteiger partial charge in [0.15, 0.2) is 11.0 Å². The molecule has 0 saturated heterocycles. The first-order valence-electron chi connectivity index (χ1n) is 10.9. The molecular formula is C25H21N5O2S2. The van der Waals surface area contributed by atoms with Gasteiger partial charge in [0.05, 0.1) is 11.3 Å². The number of amides is 1. The number of nitrogens with one attached hydrogen (secondary N) is 1. The van der Waals surface area contributed by atoms with Crippen LogP contribution in [0.4, 0.5) is 5.00 Å². The smallest absolute Gasteiger partial charge is 0.235 e. The first kappa shape index (κ1) is 22.2. The van der Waals surface area contributed by atoms with E-state index in [1.165, 1.54) is 28.0 Å². The summed E-state index contributed by atoms with van der Waals surface area (Å²) >= 11 is 2.81. The van der Waals surface area contributed by atoms with Gasteiger partial charge < -0.3 is 10.4 Å². The zero-order valence-electron chi connectivity index (χ0n) is 18.2. The first-order chi connectivity index (χ1) is 16.6. The topological polar surface area (TPSA) is 104 Å². The zero-order chi connectivity index (χ0) is 23.5. The van der Waals surface area contributed by atoms with Crippen LogP contribution in [0.2, 0.25) is 0 Å². The van der Waals surface area contributed by atoms with Crippen LogP contribution in [-0.2, 0) is 17.6 Å². The lowest BCUT2D eigenvalue weighted by Gasteiger charge is -2.10. The molecule has 0 radical (unpaired) electrons. The van der Waals surface area contributed by atoms with Crippen LogP contribution in [0, 0.1) is 11.3 Å². The molecule has 0 aliphatic heterocycles. The molecule has 7 nitrogen and oxygen atoms in total. The molecule has 170 valence electrons. The lowest BCUT2D eigenvalue weighted by atomic mass is 9.96. The predicted octanol–water partition coefficient (Wildman–Crippen LogP) is 5.18. The monoisotopic (exact) mass is 487 g/mol. The number of aryl methyl sites for hydroxylation is 1. The molecule has 4 aromatic rings. The SMILES string of the molecule is N#Cc1c(NC(=O)CSc2nnc(-c3ccc(O)cc3)n2-c2ccccc2)sc2c1CCCC2. The van der Waals surface area contributed by atoms with E-state index < -0.39 is 0 Å². The van der Waals surface area contributed by atoms with Gasteiger partial charge in [0.1, 0.15) is 16.8 Å². The minimum Gasteiger partial charge on any atom is -0.508 e. The van der Waals surface area contributed by atoms with E-state index in [1.54, 1.807) is 24.3 Å². The Morgan fingerprint density at radius 1 is 1.12 bits per heavy atom. The highest BCUT2D eigenvalue weighted by Crippen LogP contribution is 2.38. The molecule has 2 aromatic carbocycles. The van der Waals surface area contributed by atoms with Gasteiger partial charge in [-0.15, -0.1) is 21.5 Å². The number of carbonyl (C=O) groups is 1. The number of hydrogen-bond donors (Lipinski definition) is 2. The van der Waals surface area contributed by atoms with Gasteiger partial charge in [0, 0.05) is 16.1 Å². The highest BCUT2D eigenvalue weighted by molar-refractivity contribution is 7.99. The summed E-state index contributed by atoms with van der Waals surface area (Å²) in [6.45, 7) is 0. The fourth-order valence-corrected chi connectivity index (χ4v) is 6.04. The molecule has 34 heavy (non-hydrogen) atoms. The van der Waals surface area contributed by atoms with Gasteiger partial charge in [-0.2, -0.15) is 5.26 Å². The van der Waals surface area contributed by atoms with Crippen molar-refractivity contribution in [2.45, 2.75) is 30.8 Å². The highest BCUT2D eigenvalue weighted by atomic mass is 32.2. The molecule has 0 unspecified atom stereocenters. The van der Waals surface area contributed by atoms with Crippen LogP contribution in [0.3, 0.4) is 0 Å². The molecule has 5 rings (SSSR count). The molecule has 2 N–H and O–H groups in total. The molecule has 2 heterocycles. The van der Waals surface area contributed by atoms with Crippen molar-refractivity contribution in [3.63, 3.8) is 0 Å². The second kappa shape index (κ2) is 9.71. The third-order valence-electron chi connectivity index (χ3n) is 5.64. The Morgan fingerprint density at radius 2 is 1.88 bits per heavy atom. The molecule has 0 atom stereocenters. The van der Waals surface area contributed by atoms with Gasteiger partial charge in [0.2, 0.25) is 5.91 Å². The number of hydrogen-bond acceptors (Lipinski definition) is 7. The van der Waals surface area contributed by atoms with E-state index in [0.29, 0.717) is 21.5 Å². The number of phenolic OH excluding ortho intramolecular Hbond substituents is 1. The van der Waals surface area contributed by atoms with Gasteiger partial charge in [-0.1, -0.05) is 30.0 Å². The van der Waals surface area contributed by atoms with E-state index in [-0.39, 0.29) is 17.4 Å². The number of aromatic nitrogens is 3. The number of aromatic hydroxyl groups is 1. The number of thiophene rings is 1. The van der Waals surface area contributed by atoms with Crippen molar-refractivity contribution in [3.8, 4) is 28.9 Å². The lowest BCUT2D eigenvalue weighted by molar-refractivity contribution is -0.113. The van der Waals surface area contributed by atoms with Crippen molar-refractivity contribution in [1.29, 1.82) is 5.26 Å². The number of rotatable bonds is 6. The first-order valence-corrected chi connectivity index (χ1v) is 12.7. The minimum absolute atomic E-state index is 0.133. The van der Waals surface area contributed by atoms with Gasteiger partial charge in [-0.25, -0.2) is 0 Å². The summed E-state index contributed by atoms with van der Waals surface area (Å²) in [6, 6.07) is 18.7. The lowest BCUT2D eigenvalue weighted by Crippen LogP contribution is -2.14. The molecule has 1 aliphatic rings. The van der Waals surface area contributed by atoms with E-state index in [0.717, 1.165) is 42.5 Å². The number of fused-ring (bicyclic) bond motifs is 1. The molecule has 1 aliphatic carbocycles. The molecule has 9 heteroatoms. The number of nitrogens with zero attached hydrogens (tertiary/aromatic N) is 4. The number of benzene rings is 2. The van der Waals surface area contributed by atoms with Crippen LogP contribution in [0.25, 0.3) is 17.1 Å². The summed E-state index contributed by atoms with van der Waals surface area (Å²) in [6.07, 6.45) is 4.08. The van der Waals surface area contributed by atoms with Crippen molar-refractivity contribution in [2.75, 3.05) is 11.1 Å². The number of anilines is 1. The van der Waals surface area contributed by atoms with E-state index in [1.807, 2.05) is 34.9 Å². The van der Waals surface area contributed by atoms with Crippen LogP contribution in [0.5, 0.6) is 5.75 Å². The summed E-state index contributed by atoms with van der Waals surface area (Å²) in [5.74, 6) is 0.738. The normalized spacial score (nSPS) is 12.7. The second-order valence-corrected chi connectivity index (χ2v) is 9.94. The van der Waals surface area contributed by atoms with E-state index in [4.69, 9.17) is 0 Å². The van der Waals surface area contributed by atoms with Crippen molar-refractivity contribution in [1.82, 2.24) is 14.8 Å². The van der Waals surface area contributed by atoms with Crippen LogP contribution >= 0.6 is 23.1 Å². The third-order valence-corrected chi connectivity index (χ3v) is 7.78. The number of phenols is 1. The molecule has 0 saturated carbocycles. The Balaban J connectivity index is 1.38. The van der Waals surface area contributed by atoms with Crippen molar-refractivity contribution in [2.24, 2.45) is 0 Å². The second-order valence-electron chi connectivity index (χ2n) is 7.89. The highest BCUT2D eigenvalue weighted by Gasteiger charge is 2.22. The fraction of sp³-hybridized carbons (Fsp3) is 0.200. The Hall–Kier alpha value is -3.61. The summed E-state index contributed by atoms with van der Waals surface area (Å²) in [5, 5.41) is 32.2. The Kier molecular flexibility index (Phi) is 6.34. The predicted molar refractivity (Wildman–Crippen MR) is 133 cm³/mol. The third kappa shape index (κ3) is 4.42. The minimum atomic E-state index is -0.186. The van der Waals surface area contributed by atoms with Gasteiger partial charge in [0.25, 0.3) is 0 Å². The number of thioether (sulfide) groups is 1. The molecule has 1 amide bonds. The average Bonchev–Trinajstić information content (AvgIpc) is 3.44. The molecule has 0 bridgehead atoms. The Morgan fingerprint density at radius 3 is 2.65 bits per heavy atom. The summed E-state index contributed by atoms with van der Waals surface area (Å²) < 4.78 is 1.90. The van der Waals surface area contributed by atoms with E-state index in [2.05, 4.69) is 21.6 Å². The molecule has 0 fully saturated rings. The fourth-order valence-electron chi connectivity index (χ4n) is 4.04. The standard InChI is InChI=1S/C25H21N5O2S2/c26-14-20-19-8-4-5-9-21(19)34-24(20)27-22(32)15-33-25-29-28-23(16-10-12-18(31)13-11-16)30(25)17-6-2-1-3-7-17/h1-3,6-7,10-13,31H,4-5,8-9,15H2,(H,27,32). The van der Waals surface area contributed by atoms with Crippen LogP contribution in [0.15, 0.2) is 59.8 Å². The quantitative estimate of drug-likeness (QED) is 0.363. The van der Waals surface area contributed by atoms with Gasteiger partial charge in [-0.05, 0) is 67.6 Å². The van der Waals surface area contributed by atoms with E-state index >= 15 is 0 Å². The van der Waals surface area contributed by atoms with Crippen LogP contribution < -0.4 is 5.32 Å². The molecular weight excluding hydrogens is 466 g/mol. The van der Waals surface area contributed by atoms with Crippen molar-refractivity contribution >= 4 is 34.0 Å². The number of nitriles is 1. The largest absolute Gasteiger partial charge is 0.508 e. The Labute approximate surface area is 205 Å². The van der Waals surface area contributed by atoms with Crippen molar-refractivity contribution < 1.29 is 9.90 Å². The summed E-state index contributed by atoms with van der Waals surface area (Å²) in [4.78, 5) is 14.0. The molecule has 0 spiro atoms. The number of carbonyl (C=O) groups excluding carboxylic acids is 1. The summed E-state index contributed by atoms with van der Waals surface area (Å²) in [7, 11) is 0. The van der Waals surface area contributed by atoms with Gasteiger partial charge in [-0.3, -0.25) is 9.36 Å². The zero-order valence-corrected chi connectivity index (χ0v) is 19.8. The Bertz CT molecular complexity index is 1370. The maximum atomic E-state index is 12.8. The van der Waals surface area contributed by atoms with E-state index in [9.17, 15) is 15.2 Å². The molecule has 2 aromatic heterocycles. The van der Waals surface area contributed by atoms with Crippen molar-refractivity contribution in [3.05, 3.63) is 70.6 Å². The van der Waals surface area contributed by atoms with Crippen LogP contribution in [-0.4, -0.2) is 31.5 Å². The maximum absolute atomic E-state index is 12.8. The average molecular weight is 488 g/mol. The maximum Gasteiger partial charge on any atom is 0.235 e. The van der Waals surface area contributed by atoms with Gasteiger partial charge >= 0.3 is 0 Å². The van der Waals surface area contributed by atoms with Crippen LogP contribution in [0.1, 0.15) is 28.8 Å². The number of para-hydroxylation sites is 1. The summed E-state index contributed by atoms with van der Waals surface area (Å²) in [5.41, 5.74) is 3.38.